The third-order valence-corrected chi connectivity index (χ3v) is 3.67. The zero-order chi connectivity index (χ0) is 19.3. The van der Waals surface area contributed by atoms with Gasteiger partial charge in [-0.2, -0.15) is 0 Å². The molecule has 0 unspecified atom stereocenters. The molecule has 4 N–H and O–H groups in total. The highest BCUT2D eigenvalue weighted by Crippen LogP contribution is 2.18. The highest BCUT2D eigenvalue weighted by molar-refractivity contribution is 6.45. The molecule has 0 saturated heterocycles. The summed E-state index contributed by atoms with van der Waals surface area (Å²) in [7, 11) is 1.71. The summed E-state index contributed by atoms with van der Waals surface area (Å²) in [5.41, 5.74) is 1.92. The Kier molecular flexibility index (Phi) is 5.74. The number of hydrogen-bond donors (Lipinski definition) is 4. The highest BCUT2D eigenvalue weighted by atomic mass is 16.4. The van der Waals surface area contributed by atoms with E-state index in [0.717, 1.165) is 11.8 Å². The summed E-state index contributed by atoms with van der Waals surface area (Å²) >= 11 is 0. The molecule has 2 aromatic carbocycles. The lowest BCUT2D eigenvalue weighted by Gasteiger charge is -2.08. The molecule has 0 atom stereocenters. The molecule has 0 spiro atoms. The number of carboxylic acid groups (broad SMARTS) is 1. The van der Waals surface area contributed by atoms with E-state index in [1.54, 1.807) is 38.2 Å². The molecule has 2 aromatic rings. The van der Waals surface area contributed by atoms with Crippen LogP contribution in [0.5, 0.6) is 0 Å². The van der Waals surface area contributed by atoms with Crippen molar-refractivity contribution in [3.05, 3.63) is 65.2 Å². The number of aryl methyl sites for hydroxylation is 1. The van der Waals surface area contributed by atoms with Gasteiger partial charge in [0.05, 0.1) is 5.56 Å². The van der Waals surface area contributed by atoms with Crippen LogP contribution >= 0.6 is 0 Å². The number of amides is 1. The van der Waals surface area contributed by atoms with Crippen molar-refractivity contribution in [1.82, 2.24) is 0 Å². The van der Waals surface area contributed by atoms with Crippen LogP contribution in [0.3, 0.4) is 0 Å². The van der Waals surface area contributed by atoms with Crippen molar-refractivity contribution >= 4 is 34.8 Å². The van der Waals surface area contributed by atoms with Gasteiger partial charge in [-0.05, 0) is 36.8 Å². The second kappa shape index (κ2) is 7.98. The first kappa shape index (κ1) is 18.7. The van der Waals surface area contributed by atoms with Crippen LogP contribution in [0.2, 0.25) is 0 Å². The lowest BCUT2D eigenvalue weighted by atomic mass is 10.1. The fraction of sp³-hybridized carbons (Fsp3) is 0.105. The number of benzene rings is 2. The van der Waals surface area contributed by atoms with E-state index < -0.39 is 17.7 Å². The first-order valence-corrected chi connectivity index (χ1v) is 7.70. The molecule has 7 nitrogen and oxygen atoms in total. The molecule has 0 aliphatic rings. The van der Waals surface area contributed by atoms with Gasteiger partial charge in [0, 0.05) is 30.1 Å². The van der Waals surface area contributed by atoms with Gasteiger partial charge in [0.25, 0.3) is 5.91 Å². The number of carboxylic acids is 1. The minimum absolute atomic E-state index is 0.0133. The Morgan fingerprint density at radius 1 is 1.00 bits per heavy atom. The van der Waals surface area contributed by atoms with Crippen molar-refractivity contribution in [2.75, 3.05) is 17.7 Å². The van der Waals surface area contributed by atoms with Crippen LogP contribution < -0.4 is 10.6 Å². The van der Waals surface area contributed by atoms with E-state index in [4.69, 9.17) is 5.11 Å². The Labute approximate surface area is 150 Å². The molecule has 2 rings (SSSR count). The third-order valence-electron chi connectivity index (χ3n) is 3.67. The summed E-state index contributed by atoms with van der Waals surface area (Å²) in [5.74, 6) is -3.43. The predicted octanol–water partition coefficient (Wildman–Crippen LogP) is 2.84. The maximum absolute atomic E-state index is 12.1. The van der Waals surface area contributed by atoms with Crippen LogP contribution in [-0.2, 0) is 9.59 Å². The number of carbonyl (C=O) groups is 3. The van der Waals surface area contributed by atoms with Crippen molar-refractivity contribution < 1.29 is 24.6 Å². The standard InChI is InChI=1S/C19H18N2O5/c1-11-6-7-13(19(25)26)9-15(11)21-18(24)17(23)10-16(22)12-4-3-5-14(8-12)20-2/h3-10,20,22H,1-2H3,(H,21,24)(H,25,26)/b16-10-. The van der Waals surface area contributed by atoms with Crippen molar-refractivity contribution in [3.8, 4) is 0 Å². The quantitative estimate of drug-likeness (QED) is 0.360. The van der Waals surface area contributed by atoms with Crippen LogP contribution in [0.15, 0.2) is 48.5 Å². The van der Waals surface area contributed by atoms with Crippen LogP contribution in [-0.4, -0.2) is 34.9 Å². The zero-order valence-electron chi connectivity index (χ0n) is 14.2. The highest BCUT2D eigenvalue weighted by Gasteiger charge is 2.15. The largest absolute Gasteiger partial charge is 0.507 e. The summed E-state index contributed by atoms with van der Waals surface area (Å²) in [4.78, 5) is 35.1. The summed E-state index contributed by atoms with van der Waals surface area (Å²) in [6, 6.07) is 10.9. The van der Waals surface area contributed by atoms with Crippen molar-refractivity contribution in [1.29, 1.82) is 0 Å². The monoisotopic (exact) mass is 354 g/mol. The van der Waals surface area contributed by atoms with E-state index in [0.29, 0.717) is 11.1 Å². The number of nitrogens with one attached hydrogen (secondary N) is 2. The minimum Gasteiger partial charge on any atom is -0.507 e. The number of aromatic carboxylic acids is 1. The first-order chi connectivity index (χ1) is 12.3. The molecule has 0 saturated carbocycles. The lowest BCUT2D eigenvalue weighted by Crippen LogP contribution is -2.22. The Hall–Kier alpha value is -3.61. The summed E-state index contributed by atoms with van der Waals surface area (Å²) in [5, 5.41) is 24.3. The Bertz CT molecular complexity index is 903. The minimum atomic E-state index is -1.14. The van der Waals surface area contributed by atoms with Gasteiger partial charge in [0.2, 0.25) is 5.78 Å². The van der Waals surface area contributed by atoms with Gasteiger partial charge in [-0.3, -0.25) is 9.59 Å². The molecule has 26 heavy (non-hydrogen) atoms. The lowest BCUT2D eigenvalue weighted by molar-refractivity contribution is -0.131. The van der Waals surface area contributed by atoms with Gasteiger partial charge in [0.1, 0.15) is 5.76 Å². The molecule has 0 aliphatic carbocycles. The van der Waals surface area contributed by atoms with Crippen molar-refractivity contribution in [3.63, 3.8) is 0 Å². The normalized spacial score (nSPS) is 10.9. The Morgan fingerprint density at radius 3 is 2.38 bits per heavy atom. The van der Waals surface area contributed by atoms with E-state index in [2.05, 4.69) is 10.6 Å². The molecule has 134 valence electrons. The summed E-state index contributed by atoms with van der Waals surface area (Å²) in [6.07, 6.45) is 0.820. The molecule has 0 aliphatic heterocycles. The maximum atomic E-state index is 12.1. The molecule has 0 radical (unpaired) electrons. The topological polar surface area (TPSA) is 116 Å². The molecular weight excluding hydrogens is 336 g/mol. The second-order valence-electron chi connectivity index (χ2n) is 5.51. The molecule has 1 amide bonds. The van der Waals surface area contributed by atoms with Gasteiger partial charge in [-0.25, -0.2) is 4.79 Å². The average molecular weight is 354 g/mol. The number of aliphatic hydroxyl groups is 1. The van der Waals surface area contributed by atoms with Gasteiger partial charge in [-0.15, -0.1) is 0 Å². The number of rotatable bonds is 6. The maximum Gasteiger partial charge on any atom is 0.335 e. The SMILES string of the molecule is CNc1cccc(/C(O)=C/C(=O)C(=O)Nc2cc(C(=O)O)ccc2C)c1. The van der Waals surface area contributed by atoms with E-state index >= 15 is 0 Å². The van der Waals surface area contributed by atoms with Crippen LogP contribution in [0, 0.1) is 6.92 Å². The molecule has 0 heterocycles. The predicted molar refractivity (Wildman–Crippen MR) is 98.4 cm³/mol. The number of anilines is 2. The number of aliphatic hydroxyl groups excluding tert-OH is 1. The smallest absolute Gasteiger partial charge is 0.335 e. The van der Waals surface area contributed by atoms with E-state index in [-0.39, 0.29) is 17.0 Å². The Morgan fingerprint density at radius 2 is 1.73 bits per heavy atom. The molecular formula is C19H18N2O5. The molecule has 0 aromatic heterocycles. The average Bonchev–Trinajstić information content (AvgIpc) is 2.63. The Balaban J connectivity index is 2.18. The molecule has 0 fully saturated rings. The zero-order valence-corrected chi connectivity index (χ0v) is 14.2. The van der Waals surface area contributed by atoms with Gasteiger partial charge >= 0.3 is 5.97 Å². The van der Waals surface area contributed by atoms with Gasteiger partial charge in [0.15, 0.2) is 0 Å². The summed E-state index contributed by atoms with van der Waals surface area (Å²) in [6.45, 7) is 1.67. The number of hydrogen-bond acceptors (Lipinski definition) is 5. The van der Waals surface area contributed by atoms with E-state index in [1.165, 1.54) is 18.2 Å². The van der Waals surface area contributed by atoms with Gasteiger partial charge in [-0.1, -0.05) is 18.2 Å². The fourth-order valence-corrected chi connectivity index (χ4v) is 2.18. The first-order valence-electron chi connectivity index (χ1n) is 7.70. The third kappa shape index (κ3) is 4.47. The molecule has 0 bridgehead atoms. The van der Waals surface area contributed by atoms with Crippen molar-refractivity contribution in [2.45, 2.75) is 6.92 Å². The summed E-state index contributed by atoms with van der Waals surface area (Å²) < 4.78 is 0. The number of ketones is 1. The van der Waals surface area contributed by atoms with Gasteiger partial charge < -0.3 is 20.8 Å². The van der Waals surface area contributed by atoms with E-state index in [9.17, 15) is 19.5 Å². The van der Waals surface area contributed by atoms with Crippen LogP contribution in [0.25, 0.3) is 5.76 Å². The molecule has 7 heteroatoms. The fourth-order valence-electron chi connectivity index (χ4n) is 2.18. The van der Waals surface area contributed by atoms with E-state index in [1.807, 2.05) is 0 Å². The second-order valence-corrected chi connectivity index (χ2v) is 5.51. The van der Waals surface area contributed by atoms with Crippen molar-refractivity contribution in [2.24, 2.45) is 0 Å². The van der Waals surface area contributed by atoms with Crippen LogP contribution in [0.1, 0.15) is 21.5 Å². The van der Waals surface area contributed by atoms with Crippen LogP contribution in [0.4, 0.5) is 11.4 Å². The number of carbonyl (C=O) groups excluding carboxylic acids is 2.